The standard InChI is InChI=1S/C17H14N4O2S/c1-23-14-7-16(24-11-14)17(22)20-15(8-18)12-9-19-21(10-12)13-5-3-2-4-6-13/h2-7,9-11,15H,1H3,(H,20,22)/t15-/m1/s1. The summed E-state index contributed by atoms with van der Waals surface area (Å²) in [4.78, 5) is 12.7. The molecule has 120 valence electrons. The Morgan fingerprint density at radius 1 is 1.42 bits per heavy atom. The van der Waals surface area contributed by atoms with Crippen molar-refractivity contribution in [1.82, 2.24) is 15.1 Å². The van der Waals surface area contributed by atoms with E-state index in [9.17, 15) is 10.1 Å². The Balaban J connectivity index is 1.76. The van der Waals surface area contributed by atoms with E-state index in [1.807, 2.05) is 30.3 Å². The summed E-state index contributed by atoms with van der Waals surface area (Å²) in [6.45, 7) is 0. The normalized spacial score (nSPS) is 11.5. The van der Waals surface area contributed by atoms with Crippen LogP contribution in [0.15, 0.2) is 54.2 Å². The summed E-state index contributed by atoms with van der Waals surface area (Å²) < 4.78 is 6.73. The number of carbonyl (C=O) groups is 1. The van der Waals surface area contributed by atoms with E-state index in [1.54, 1.807) is 35.6 Å². The van der Waals surface area contributed by atoms with Crippen LogP contribution in [-0.2, 0) is 0 Å². The van der Waals surface area contributed by atoms with Gasteiger partial charge in [-0.05, 0) is 12.1 Å². The van der Waals surface area contributed by atoms with Crippen LogP contribution in [0.25, 0.3) is 5.69 Å². The zero-order valence-electron chi connectivity index (χ0n) is 12.8. The molecule has 0 bridgehead atoms. The monoisotopic (exact) mass is 338 g/mol. The lowest BCUT2D eigenvalue weighted by atomic mass is 10.2. The SMILES string of the molecule is COc1csc(C(=O)N[C@H](C#N)c2cnn(-c3ccccc3)c2)c1. The van der Waals surface area contributed by atoms with Crippen LogP contribution in [0.5, 0.6) is 5.75 Å². The molecule has 1 amide bonds. The number of aromatic nitrogens is 2. The minimum atomic E-state index is -0.775. The van der Waals surface area contributed by atoms with Gasteiger partial charge in [-0.1, -0.05) is 18.2 Å². The van der Waals surface area contributed by atoms with Crippen molar-refractivity contribution in [2.24, 2.45) is 0 Å². The maximum Gasteiger partial charge on any atom is 0.262 e. The molecule has 24 heavy (non-hydrogen) atoms. The lowest BCUT2D eigenvalue weighted by molar-refractivity contribution is 0.0949. The Morgan fingerprint density at radius 2 is 2.21 bits per heavy atom. The molecular weight excluding hydrogens is 324 g/mol. The smallest absolute Gasteiger partial charge is 0.262 e. The summed E-state index contributed by atoms with van der Waals surface area (Å²) in [5.74, 6) is 0.304. The summed E-state index contributed by atoms with van der Waals surface area (Å²) in [6.07, 6.45) is 3.31. The predicted octanol–water partition coefficient (Wildman–Crippen LogP) is 2.94. The highest BCUT2D eigenvalue weighted by Gasteiger charge is 2.18. The predicted molar refractivity (Wildman–Crippen MR) is 90.3 cm³/mol. The van der Waals surface area contributed by atoms with Crippen LogP contribution >= 0.6 is 11.3 Å². The minimum Gasteiger partial charge on any atom is -0.496 e. The first-order valence-electron chi connectivity index (χ1n) is 7.14. The van der Waals surface area contributed by atoms with Crippen LogP contribution in [0, 0.1) is 11.3 Å². The molecule has 1 N–H and O–H groups in total. The van der Waals surface area contributed by atoms with Gasteiger partial charge in [0.25, 0.3) is 5.91 Å². The van der Waals surface area contributed by atoms with Crippen molar-refractivity contribution in [2.75, 3.05) is 7.11 Å². The fourth-order valence-electron chi connectivity index (χ4n) is 2.15. The van der Waals surface area contributed by atoms with Gasteiger partial charge >= 0.3 is 0 Å². The van der Waals surface area contributed by atoms with E-state index in [0.29, 0.717) is 16.2 Å². The summed E-state index contributed by atoms with van der Waals surface area (Å²) in [5.41, 5.74) is 1.51. The van der Waals surface area contributed by atoms with Crippen molar-refractivity contribution < 1.29 is 9.53 Å². The summed E-state index contributed by atoms with van der Waals surface area (Å²) in [5, 5.41) is 18.1. The number of methoxy groups -OCH3 is 1. The first-order chi connectivity index (χ1) is 11.7. The number of hydrogen-bond acceptors (Lipinski definition) is 5. The number of nitrogens with one attached hydrogen (secondary N) is 1. The molecule has 3 aromatic rings. The quantitative estimate of drug-likeness (QED) is 0.775. The Labute approximate surface area is 142 Å². The molecule has 2 heterocycles. The maximum atomic E-state index is 12.3. The highest BCUT2D eigenvalue weighted by molar-refractivity contribution is 7.12. The van der Waals surface area contributed by atoms with Gasteiger partial charge in [0.2, 0.25) is 0 Å². The molecule has 7 heteroatoms. The number of hydrogen-bond donors (Lipinski definition) is 1. The first-order valence-corrected chi connectivity index (χ1v) is 8.02. The van der Waals surface area contributed by atoms with Crippen molar-refractivity contribution in [2.45, 2.75) is 6.04 Å². The highest BCUT2D eigenvalue weighted by atomic mass is 32.1. The van der Waals surface area contributed by atoms with E-state index in [1.165, 1.54) is 11.3 Å². The summed E-state index contributed by atoms with van der Waals surface area (Å²) >= 11 is 1.26. The van der Waals surface area contributed by atoms with E-state index >= 15 is 0 Å². The van der Waals surface area contributed by atoms with Gasteiger partial charge in [-0.2, -0.15) is 10.4 Å². The van der Waals surface area contributed by atoms with Crippen LogP contribution in [-0.4, -0.2) is 22.8 Å². The lowest BCUT2D eigenvalue weighted by Crippen LogP contribution is -2.26. The number of ether oxygens (including phenoxy) is 1. The van der Waals surface area contributed by atoms with Crippen molar-refractivity contribution >= 4 is 17.2 Å². The van der Waals surface area contributed by atoms with E-state index in [0.717, 1.165) is 5.69 Å². The molecule has 1 aromatic carbocycles. The molecule has 3 rings (SSSR count). The van der Waals surface area contributed by atoms with Gasteiger partial charge in [-0.15, -0.1) is 11.3 Å². The van der Waals surface area contributed by atoms with Gasteiger partial charge in [0.05, 0.1) is 29.9 Å². The van der Waals surface area contributed by atoms with E-state index in [4.69, 9.17) is 4.74 Å². The van der Waals surface area contributed by atoms with Crippen molar-refractivity contribution in [3.05, 3.63) is 64.6 Å². The fraction of sp³-hybridized carbons (Fsp3) is 0.118. The number of carbonyl (C=O) groups excluding carboxylic acids is 1. The third-order valence-electron chi connectivity index (χ3n) is 3.40. The molecule has 0 saturated heterocycles. The van der Waals surface area contributed by atoms with Crippen LogP contribution in [0.1, 0.15) is 21.3 Å². The summed E-state index contributed by atoms with van der Waals surface area (Å²) in [7, 11) is 1.54. The van der Waals surface area contributed by atoms with Gasteiger partial charge in [0.1, 0.15) is 11.8 Å². The largest absolute Gasteiger partial charge is 0.496 e. The molecule has 1 atom stereocenters. The second-order valence-corrected chi connectivity index (χ2v) is 5.85. The molecule has 2 aromatic heterocycles. The molecule has 0 aliphatic heterocycles. The van der Waals surface area contributed by atoms with Crippen molar-refractivity contribution in [1.29, 1.82) is 5.26 Å². The van der Waals surface area contributed by atoms with Gasteiger partial charge in [-0.25, -0.2) is 4.68 Å². The third-order valence-corrected chi connectivity index (χ3v) is 4.30. The van der Waals surface area contributed by atoms with Gasteiger partial charge < -0.3 is 10.1 Å². The molecule has 0 aliphatic rings. The topological polar surface area (TPSA) is 79.9 Å². The molecule has 0 spiro atoms. The van der Waals surface area contributed by atoms with Crippen molar-refractivity contribution in [3.63, 3.8) is 0 Å². The van der Waals surface area contributed by atoms with Crippen molar-refractivity contribution in [3.8, 4) is 17.5 Å². The molecule has 0 aliphatic carbocycles. The van der Waals surface area contributed by atoms with Gasteiger partial charge in [-0.3, -0.25) is 4.79 Å². The van der Waals surface area contributed by atoms with Crippen LogP contribution in [0.3, 0.4) is 0 Å². The second-order valence-electron chi connectivity index (χ2n) is 4.94. The Bertz CT molecular complexity index is 879. The molecule has 0 fully saturated rings. The zero-order chi connectivity index (χ0) is 16.9. The average molecular weight is 338 g/mol. The van der Waals surface area contributed by atoms with E-state index < -0.39 is 6.04 Å². The molecule has 0 saturated carbocycles. The number of amides is 1. The molecular formula is C17H14N4O2S. The highest BCUT2D eigenvalue weighted by Crippen LogP contribution is 2.22. The Kier molecular flexibility index (Phi) is 4.59. The van der Waals surface area contributed by atoms with Crippen LogP contribution in [0.4, 0.5) is 0 Å². The zero-order valence-corrected chi connectivity index (χ0v) is 13.7. The van der Waals surface area contributed by atoms with Gasteiger partial charge in [0, 0.05) is 23.2 Å². The van der Waals surface area contributed by atoms with Crippen LogP contribution in [0.2, 0.25) is 0 Å². The maximum absolute atomic E-state index is 12.3. The van der Waals surface area contributed by atoms with Gasteiger partial charge in [0.15, 0.2) is 0 Å². The molecule has 6 nitrogen and oxygen atoms in total. The van der Waals surface area contributed by atoms with Crippen LogP contribution < -0.4 is 10.1 Å². The van der Waals surface area contributed by atoms with E-state index in [-0.39, 0.29) is 5.91 Å². The number of thiophene rings is 1. The number of para-hydroxylation sites is 1. The third kappa shape index (κ3) is 3.29. The Morgan fingerprint density at radius 3 is 2.88 bits per heavy atom. The first kappa shape index (κ1) is 15.8. The second kappa shape index (κ2) is 6.98. The number of nitriles is 1. The number of nitrogens with zero attached hydrogens (tertiary/aromatic N) is 3. The molecule has 0 radical (unpaired) electrons. The summed E-state index contributed by atoms with van der Waals surface area (Å²) in [6, 6.07) is 12.5. The average Bonchev–Trinajstić information content (AvgIpc) is 3.29. The number of benzene rings is 1. The number of rotatable bonds is 5. The fourth-order valence-corrected chi connectivity index (χ4v) is 2.90. The van der Waals surface area contributed by atoms with E-state index in [2.05, 4.69) is 16.5 Å². The Hall–Kier alpha value is -3.11. The lowest BCUT2D eigenvalue weighted by Gasteiger charge is -2.08. The molecule has 0 unspecified atom stereocenters. The minimum absolute atomic E-state index is 0.317.